The lowest BCUT2D eigenvalue weighted by Crippen LogP contribution is -2.51. The van der Waals surface area contributed by atoms with Gasteiger partial charge in [0.15, 0.2) is 11.5 Å². The van der Waals surface area contributed by atoms with Crippen LogP contribution in [-0.4, -0.2) is 82.6 Å². The number of carbonyl (C=O) groups excluding carboxylic acids is 2. The van der Waals surface area contributed by atoms with E-state index in [2.05, 4.69) is 35.0 Å². The monoisotopic (exact) mass is 617 g/mol. The van der Waals surface area contributed by atoms with Gasteiger partial charge >= 0.3 is 0 Å². The second-order valence-electron chi connectivity index (χ2n) is 13.5. The molecule has 2 N–H and O–H groups in total. The molecule has 2 fully saturated rings. The Labute approximate surface area is 255 Å². The van der Waals surface area contributed by atoms with Crippen molar-refractivity contribution < 1.29 is 28.6 Å². The number of pyridine rings is 1. The van der Waals surface area contributed by atoms with Crippen molar-refractivity contribution >= 4 is 19.9 Å². The smallest absolute Gasteiger partial charge is 0.274 e. The Balaban J connectivity index is 1.49. The molecule has 2 amide bonds. The van der Waals surface area contributed by atoms with Crippen LogP contribution in [0.15, 0.2) is 18.3 Å². The molecule has 238 valence electrons. The van der Waals surface area contributed by atoms with Crippen molar-refractivity contribution in [2.45, 2.75) is 109 Å². The number of aromatic nitrogens is 3. The van der Waals surface area contributed by atoms with Gasteiger partial charge in [0.1, 0.15) is 6.73 Å². The van der Waals surface area contributed by atoms with Gasteiger partial charge in [0, 0.05) is 50.9 Å². The maximum Gasteiger partial charge on any atom is 0.274 e. The van der Waals surface area contributed by atoms with Gasteiger partial charge in [-0.05, 0) is 64.0 Å². The third kappa shape index (κ3) is 8.63. The zero-order chi connectivity index (χ0) is 31.4. The summed E-state index contributed by atoms with van der Waals surface area (Å²) in [5, 5.41) is 18.0. The summed E-state index contributed by atoms with van der Waals surface area (Å²) < 4.78 is 27.7. The zero-order valence-corrected chi connectivity index (χ0v) is 27.5. The number of methoxy groups -OCH3 is 1. The Morgan fingerprint density at radius 3 is 2.58 bits per heavy atom. The number of piperidine rings is 1. The van der Waals surface area contributed by atoms with Crippen LogP contribution in [0.4, 0.5) is 4.39 Å². The Hall–Kier alpha value is -2.83. The van der Waals surface area contributed by atoms with Gasteiger partial charge in [-0.1, -0.05) is 26.6 Å². The largest absolute Gasteiger partial charge is 0.481 e. The molecule has 2 unspecified atom stereocenters. The van der Waals surface area contributed by atoms with Gasteiger partial charge in [0.25, 0.3) is 5.91 Å². The van der Waals surface area contributed by atoms with E-state index in [0.717, 1.165) is 25.1 Å². The van der Waals surface area contributed by atoms with E-state index in [0.29, 0.717) is 50.9 Å². The molecule has 10 nitrogen and oxygen atoms in total. The van der Waals surface area contributed by atoms with Crippen molar-refractivity contribution in [1.29, 1.82) is 0 Å². The summed E-state index contributed by atoms with van der Waals surface area (Å²) in [6, 6.07) is 4.02. The van der Waals surface area contributed by atoms with E-state index in [1.165, 1.54) is 17.9 Å². The number of aliphatic hydroxyl groups is 1. The number of amides is 2. The first-order valence-electron chi connectivity index (χ1n) is 15.5. The molecule has 1 saturated carbocycles. The quantitative estimate of drug-likeness (QED) is 0.274. The second kappa shape index (κ2) is 13.9. The van der Waals surface area contributed by atoms with Gasteiger partial charge in [-0.25, -0.2) is 14.1 Å². The van der Waals surface area contributed by atoms with Crippen LogP contribution in [-0.2, 0) is 16.3 Å². The summed E-state index contributed by atoms with van der Waals surface area (Å²) in [7, 11) is 0.150. The van der Waals surface area contributed by atoms with Gasteiger partial charge in [-0.3, -0.25) is 9.59 Å². The van der Waals surface area contributed by atoms with Crippen molar-refractivity contribution in [3.05, 3.63) is 29.8 Å². The maximum absolute atomic E-state index is 15.0. The molecule has 0 bridgehead atoms. The van der Waals surface area contributed by atoms with Crippen LogP contribution >= 0.6 is 0 Å². The number of ether oxygens (including phenoxy) is 2. The first kappa shape index (κ1) is 33.1. The van der Waals surface area contributed by atoms with Crippen molar-refractivity contribution in [2.75, 3.05) is 20.3 Å². The van der Waals surface area contributed by atoms with E-state index in [9.17, 15) is 19.1 Å². The van der Waals surface area contributed by atoms with Crippen LogP contribution in [0.1, 0.15) is 69.3 Å². The summed E-state index contributed by atoms with van der Waals surface area (Å²) in [5.41, 5.74) is 0.180. The Morgan fingerprint density at radius 1 is 1.21 bits per heavy atom. The van der Waals surface area contributed by atoms with Crippen LogP contribution < -0.4 is 10.1 Å². The third-order valence-electron chi connectivity index (χ3n) is 8.75. The minimum atomic E-state index is -1.31. The van der Waals surface area contributed by atoms with Gasteiger partial charge in [0.2, 0.25) is 11.8 Å². The number of halogens is 1. The van der Waals surface area contributed by atoms with Crippen LogP contribution in [0, 0.1) is 11.7 Å². The predicted octanol–water partition coefficient (Wildman–Crippen LogP) is 4.85. The molecule has 2 aromatic rings. The molecule has 1 aliphatic carbocycles. The molecule has 2 aliphatic rings. The first-order chi connectivity index (χ1) is 20.3. The average molecular weight is 618 g/mol. The fourth-order valence-corrected chi connectivity index (χ4v) is 6.64. The molecule has 1 aliphatic heterocycles. The van der Waals surface area contributed by atoms with Gasteiger partial charge in [-0.2, -0.15) is 5.10 Å². The van der Waals surface area contributed by atoms with E-state index in [1.54, 1.807) is 11.0 Å². The lowest BCUT2D eigenvalue weighted by Gasteiger charge is -2.39. The highest BCUT2D eigenvalue weighted by atomic mass is 28.3. The van der Waals surface area contributed by atoms with Crippen molar-refractivity contribution in [3.8, 4) is 17.1 Å². The molecule has 1 saturated heterocycles. The predicted molar refractivity (Wildman–Crippen MR) is 165 cm³/mol. The number of likely N-dealkylation sites (tertiary alicyclic amines) is 1. The molecular weight excluding hydrogens is 569 g/mol. The lowest BCUT2D eigenvalue weighted by atomic mass is 9.83. The van der Waals surface area contributed by atoms with Gasteiger partial charge in [0.05, 0.1) is 24.6 Å². The average Bonchev–Trinajstić information content (AvgIpc) is 3.39. The summed E-state index contributed by atoms with van der Waals surface area (Å²) in [5.74, 6) is -0.697. The minimum absolute atomic E-state index is 0.0289. The highest BCUT2D eigenvalue weighted by Crippen LogP contribution is 2.31. The Morgan fingerprint density at radius 2 is 1.93 bits per heavy atom. The first-order valence-corrected chi connectivity index (χ1v) is 19.2. The van der Waals surface area contributed by atoms with Crippen molar-refractivity contribution in [1.82, 2.24) is 25.0 Å². The topological polar surface area (TPSA) is 119 Å². The standard InChI is InChI=1S/C31H48FN5O5Si/c1-7-23-16-21(29(38)34-22-8-11-31(2,40)12-9-22)10-13-36(23)30(39)26-18-27(24-17-28(41-3)33-19-25(24)32)37(35-26)20-42-14-15-43(4,5)6/h17-19,21-23,40H,7-16,20H2,1-6H3,(H,34,38)/t21?,22-,23?,31-. The molecule has 12 heteroatoms. The van der Waals surface area contributed by atoms with E-state index < -0.39 is 19.5 Å². The summed E-state index contributed by atoms with van der Waals surface area (Å²) in [6.45, 7) is 11.7. The number of carbonyl (C=O) groups is 2. The molecule has 4 rings (SSSR count). The van der Waals surface area contributed by atoms with Crippen LogP contribution in [0.5, 0.6) is 5.88 Å². The fraction of sp³-hybridized carbons (Fsp3) is 0.677. The highest BCUT2D eigenvalue weighted by Gasteiger charge is 2.37. The Bertz CT molecular complexity index is 1270. The number of rotatable bonds is 11. The Kier molecular flexibility index (Phi) is 10.7. The van der Waals surface area contributed by atoms with Crippen LogP contribution in [0.3, 0.4) is 0 Å². The summed E-state index contributed by atoms with van der Waals surface area (Å²) in [6.07, 6.45) is 5.81. The highest BCUT2D eigenvalue weighted by molar-refractivity contribution is 6.76. The van der Waals surface area contributed by atoms with E-state index in [1.807, 2.05) is 13.8 Å². The van der Waals surface area contributed by atoms with Crippen LogP contribution in [0.25, 0.3) is 11.3 Å². The van der Waals surface area contributed by atoms with E-state index >= 15 is 0 Å². The third-order valence-corrected chi connectivity index (χ3v) is 10.5. The molecule has 3 heterocycles. The molecule has 2 atom stereocenters. The number of hydrogen-bond donors (Lipinski definition) is 2. The van der Waals surface area contributed by atoms with Gasteiger partial charge in [-0.15, -0.1) is 0 Å². The van der Waals surface area contributed by atoms with E-state index in [-0.39, 0.29) is 53.7 Å². The lowest BCUT2D eigenvalue weighted by molar-refractivity contribution is -0.128. The number of nitrogens with zero attached hydrogens (tertiary/aromatic N) is 4. The van der Waals surface area contributed by atoms with Gasteiger partial charge < -0.3 is 24.8 Å². The molecule has 0 spiro atoms. The summed E-state index contributed by atoms with van der Waals surface area (Å²) in [4.78, 5) is 32.7. The van der Waals surface area contributed by atoms with E-state index in [4.69, 9.17) is 9.47 Å². The maximum atomic E-state index is 15.0. The SMILES string of the molecule is CCC1CC(C(=O)N[C@H]2CC[C@](C)(O)CC2)CCN1C(=O)c1cc(-c2cc(OC)ncc2F)n(COCC[Si](C)(C)C)n1. The molecule has 2 aromatic heterocycles. The molecule has 43 heavy (non-hydrogen) atoms. The number of hydrogen-bond acceptors (Lipinski definition) is 7. The zero-order valence-electron chi connectivity index (χ0n) is 26.5. The van der Waals surface area contributed by atoms with Crippen molar-refractivity contribution in [3.63, 3.8) is 0 Å². The minimum Gasteiger partial charge on any atom is -0.481 e. The molecule has 0 radical (unpaired) electrons. The fourth-order valence-electron chi connectivity index (χ4n) is 5.89. The molecule has 0 aromatic carbocycles. The normalized spacial score (nSPS) is 24.6. The van der Waals surface area contributed by atoms with Crippen molar-refractivity contribution in [2.24, 2.45) is 5.92 Å². The molecular formula is C31H48FN5O5Si. The second-order valence-corrected chi connectivity index (χ2v) is 19.2. The number of nitrogens with one attached hydrogen (secondary N) is 1. The summed E-state index contributed by atoms with van der Waals surface area (Å²) >= 11 is 0. The van der Waals surface area contributed by atoms with Crippen LogP contribution in [0.2, 0.25) is 25.7 Å².